The van der Waals surface area contributed by atoms with Gasteiger partial charge in [-0.05, 0) is 52.6 Å². The summed E-state index contributed by atoms with van der Waals surface area (Å²) in [7, 11) is 4.11. The van der Waals surface area contributed by atoms with Crippen molar-refractivity contribution in [3.05, 3.63) is 101 Å². The molecule has 4 aromatic rings. The summed E-state index contributed by atoms with van der Waals surface area (Å²) in [5.41, 5.74) is 9.97. The van der Waals surface area contributed by atoms with Gasteiger partial charge >= 0.3 is 0 Å². The molecule has 0 bridgehead atoms. The van der Waals surface area contributed by atoms with Crippen LogP contribution in [-0.2, 0) is 0 Å². The first-order chi connectivity index (χ1) is 16.8. The highest BCUT2D eigenvalue weighted by Gasteiger charge is 2.28. The minimum atomic E-state index is 0.381. The van der Waals surface area contributed by atoms with Crippen molar-refractivity contribution in [1.29, 1.82) is 0 Å². The molecule has 0 radical (unpaired) electrons. The minimum absolute atomic E-state index is 0.381. The Morgan fingerprint density at radius 1 is 0.600 bits per heavy atom. The summed E-state index contributed by atoms with van der Waals surface area (Å²) in [4.78, 5) is 12.7. The second-order valence-corrected chi connectivity index (χ2v) is 10.1. The maximum absolute atomic E-state index is 5.44. The molecule has 35 heavy (non-hydrogen) atoms. The number of anilines is 1. The second-order valence-electron chi connectivity index (χ2n) is 10.1. The molecule has 3 nitrogen and oxygen atoms in total. The molecule has 3 heteroatoms. The number of para-hydroxylation sites is 1. The van der Waals surface area contributed by atoms with Crippen LogP contribution in [0.4, 0.5) is 17.1 Å². The molecule has 0 saturated carbocycles. The van der Waals surface area contributed by atoms with E-state index in [0.717, 1.165) is 39.6 Å². The predicted octanol–water partition coefficient (Wildman–Crippen LogP) is 8.41. The number of aliphatic imine (C=N–C) groups is 2. The van der Waals surface area contributed by atoms with Gasteiger partial charge in [-0.1, -0.05) is 82.3 Å². The monoisotopic (exact) mass is 459 g/mol. The average Bonchev–Trinajstić information content (AvgIpc) is 3.13. The maximum Gasteiger partial charge on any atom is 0.0979 e. The largest absolute Gasteiger partial charge is 0.378 e. The molecule has 5 rings (SSSR count). The fourth-order valence-corrected chi connectivity index (χ4v) is 4.92. The number of nitrogens with zero attached hydrogens (tertiary/aromatic N) is 3. The Hall–Kier alpha value is -3.72. The van der Waals surface area contributed by atoms with Gasteiger partial charge in [-0.25, -0.2) is 9.98 Å². The Balaban J connectivity index is 1.78. The molecule has 0 amide bonds. The van der Waals surface area contributed by atoms with Crippen LogP contribution in [0, 0.1) is 0 Å². The third-order valence-electron chi connectivity index (χ3n) is 6.81. The van der Waals surface area contributed by atoms with Crippen LogP contribution >= 0.6 is 0 Å². The van der Waals surface area contributed by atoms with E-state index < -0.39 is 0 Å². The second kappa shape index (κ2) is 9.14. The molecule has 4 aromatic carbocycles. The summed E-state index contributed by atoms with van der Waals surface area (Å²) < 4.78 is 0. The van der Waals surface area contributed by atoms with Gasteiger partial charge in [0.25, 0.3) is 0 Å². The van der Waals surface area contributed by atoms with E-state index in [1.807, 2.05) is 0 Å². The van der Waals surface area contributed by atoms with E-state index in [2.05, 4.69) is 126 Å². The van der Waals surface area contributed by atoms with Crippen LogP contribution in [0.25, 0.3) is 10.8 Å². The first kappa shape index (κ1) is 23.0. The maximum atomic E-state index is 5.44. The summed E-state index contributed by atoms with van der Waals surface area (Å²) in [6.45, 7) is 8.98. The molecule has 0 atom stereocenters. The number of hydrogen-bond acceptors (Lipinski definition) is 3. The van der Waals surface area contributed by atoms with Crippen LogP contribution in [-0.4, -0.2) is 25.5 Å². The Bertz CT molecular complexity index is 1420. The zero-order valence-electron chi connectivity index (χ0n) is 21.5. The van der Waals surface area contributed by atoms with Crippen molar-refractivity contribution in [3.8, 4) is 0 Å². The van der Waals surface area contributed by atoms with Gasteiger partial charge in [0.1, 0.15) is 0 Å². The zero-order valence-corrected chi connectivity index (χ0v) is 21.5. The molecule has 1 aliphatic carbocycles. The Labute approximate surface area is 208 Å². The van der Waals surface area contributed by atoms with E-state index in [1.54, 1.807) is 0 Å². The highest BCUT2D eigenvalue weighted by molar-refractivity contribution is 6.61. The number of rotatable bonds is 5. The molecular weight excluding hydrogens is 426 g/mol. The molecular formula is C32H33N3. The molecule has 0 aliphatic heterocycles. The molecule has 0 aromatic heterocycles. The van der Waals surface area contributed by atoms with Crippen LogP contribution in [0.15, 0.2) is 88.8 Å². The highest BCUT2D eigenvalue weighted by Crippen LogP contribution is 2.39. The summed E-state index contributed by atoms with van der Waals surface area (Å²) in [6, 6.07) is 28.0. The van der Waals surface area contributed by atoms with Crippen molar-refractivity contribution in [2.75, 3.05) is 19.0 Å². The number of hydrogen-bond donors (Lipinski definition) is 0. The lowest BCUT2D eigenvalue weighted by atomic mass is 9.92. The summed E-state index contributed by atoms with van der Waals surface area (Å²) in [6.07, 6.45) is 0. The summed E-state index contributed by atoms with van der Waals surface area (Å²) in [5.74, 6) is 0.762. The molecule has 176 valence electrons. The van der Waals surface area contributed by atoms with Crippen molar-refractivity contribution >= 4 is 39.3 Å². The zero-order chi connectivity index (χ0) is 24.7. The van der Waals surface area contributed by atoms with Gasteiger partial charge in [-0.2, -0.15) is 0 Å². The molecule has 1 aliphatic rings. The van der Waals surface area contributed by atoms with E-state index in [0.29, 0.717) is 11.8 Å². The SMILES string of the molecule is CC(C)c1cccc(C(C)C)c1/N=C1/C(=N/c2ccc(N(C)C)cc2)c2cccc3cccc1c23. The van der Waals surface area contributed by atoms with Crippen molar-refractivity contribution in [2.24, 2.45) is 9.98 Å². The Morgan fingerprint density at radius 2 is 1.11 bits per heavy atom. The first-order valence-corrected chi connectivity index (χ1v) is 12.5. The van der Waals surface area contributed by atoms with E-state index in [-0.39, 0.29) is 0 Å². The van der Waals surface area contributed by atoms with Crippen LogP contribution in [0.2, 0.25) is 0 Å². The van der Waals surface area contributed by atoms with Gasteiger partial charge in [0, 0.05) is 36.3 Å². The van der Waals surface area contributed by atoms with E-state index in [4.69, 9.17) is 9.98 Å². The molecule has 0 spiro atoms. The lowest BCUT2D eigenvalue weighted by Gasteiger charge is -2.17. The predicted molar refractivity (Wildman–Crippen MR) is 152 cm³/mol. The minimum Gasteiger partial charge on any atom is -0.378 e. The smallest absolute Gasteiger partial charge is 0.0979 e. The Kier molecular flexibility index (Phi) is 6.02. The van der Waals surface area contributed by atoms with Crippen LogP contribution in [0.1, 0.15) is 61.8 Å². The highest BCUT2D eigenvalue weighted by atomic mass is 15.1. The van der Waals surface area contributed by atoms with Gasteiger partial charge in [0.15, 0.2) is 0 Å². The fraction of sp³-hybridized carbons (Fsp3) is 0.250. The molecule has 0 fully saturated rings. The van der Waals surface area contributed by atoms with E-state index in [1.165, 1.54) is 21.9 Å². The molecule has 0 heterocycles. The van der Waals surface area contributed by atoms with Gasteiger partial charge < -0.3 is 4.90 Å². The van der Waals surface area contributed by atoms with Crippen molar-refractivity contribution < 1.29 is 0 Å². The van der Waals surface area contributed by atoms with Crippen LogP contribution < -0.4 is 4.90 Å². The molecule has 0 N–H and O–H groups in total. The van der Waals surface area contributed by atoms with Crippen molar-refractivity contribution in [2.45, 2.75) is 39.5 Å². The van der Waals surface area contributed by atoms with Crippen molar-refractivity contribution in [1.82, 2.24) is 0 Å². The lowest BCUT2D eigenvalue weighted by molar-refractivity contribution is 0.835. The van der Waals surface area contributed by atoms with E-state index >= 15 is 0 Å². The van der Waals surface area contributed by atoms with Gasteiger partial charge in [0.2, 0.25) is 0 Å². The van der Waals surface area contributed by atoms with Crippen LogP contribution in [0.5, 0.6) is 0 Å². The van der Waals surface area contributed by atoms with Gasteiger partial charge in [0.05, 0.1) is 22.8 Å². The third-order valence-corrected chi connectivity index (χ3v) is 6.81. The Morgan fingerprint density at radius 3 is 1.63 bits per heavy atom. The average molecular weight is 460 g/mol. The van der Waals surface area contributed by atoms with Crippen LogP contribution in [0.3, 0.4) is 0 Å². The standard InChI is InChI=1S/C32H33N3/c1-20(2)25-12-9-13-26(21(3)4)30(25)34-32-28-15-8-11-22-10-7-14-27(29(22)28)31(32)33-23-16-18-24(19-17-23)35(5)6/h7-21H,1-6H3/b33-31+,34-32+. The summed E-state index contributed by atoms with van der Waals surface area (Å²) in [5, 5.41) is 2.47. The normalized spacial score (nSPS) is 15.2. The first-order valence-electron chi connectivity index (χ1n) is 12.5. The molecule has 0 saturated heterocycles. The van der Waals surface area contributed by atoms with Crippen molar-refractivity contribution in [3.63, 3.8) is 0 Å². The quantitative estimate of drug-likeness (QED) is 0.294. The topological polar surface area (TPSA) is 28.0 Å². The van der Waals surface area contributed by atoms with E-state index in [9.17, 15) is 0 Å². The fourth-order valence-electron chi connectivity index (χ4n) is 4.92. The van der Waals surface area contributed by atoms with Gasteiger partial charge in [-0.15, -0.1) is 0 Å². The summed E-state index contributed by atoms with van der Waals surface area (Å²) >= 11 is 0. The molecule has 0 unspecified atom stereocenters. The third kappa shape index (κ3) is 4.16. The lowest BCUT2D eigenvalue weighted by Crippen LogP contribution is -2.11. The number of benzene rings is 4. The van der Waals surface area contributed by atoms with Gasteiger partial charge in [-0.3, -0.25) is 0 Å².